The van der Waals surface area contributed by atoms with Crippen molar-refractivity contribution < 1.29 is 4.79 Å². The van der Waals surface area contributed by atoms with Crippen LogP contribution in [0.5, 0.6) is 0 Å². The standard InChI is InChI=1S/C16H24N6OS/c1-10(2)14(15-21-20-12-5-4-8-22(12)15)19-16(23)17-7-6-13-18-9-11(3)24-13/h9-10,14H,4-8H2,1-3H3,(H2,17,19,23). The molecule has 3 rings (SSSR count). The van der Waals surface area contributed by atoms with Crippen molar-refractivity contribution in [3.63, 3.8) is 0 Å². The van der Waals surface area contributed by atoms with Crippen LogP contribution in [0.4, 0.5) is 4.79 Å². The zero-order chi connectivity index (χ0) is 17.1. The quantitative estimate of drug-likeness (QED) is 0.838. The largest absolute Gasteiger partial charge is 0.338 e. The van der Waals surface area contributed by atoms with E-state index in [9.17, 15) is 4.79 Å². The van der Waals surface area contributed by atoms with E-state index in [2.05, 4.69) is 44.2 Å². The lowest BCUT2D eigenvalue weighted by Gasteiger charge is -2.22. The van der Waals surface area contributed by atoms with Gasteiger partial charge in [-0.05, 0) is 19.3 Å². The molecule has 130 valence electrons. The Hall–Kier alpha value is -1.96. The van der Waals surface area contributed by atoms with Crippen molar-refractivity contribution in [2.24, 2.45) is 5.92 Å². The minimum Gasteiger partial charge on any atom is -0.338 e. The Morgan fingerprint density at radius 1 is 1.42 bits per heavy atom. The fourth-order valence-corrected chi connectivity index (χ4v) is 3.71. The smallest absolute Gasteiger partial charge is 0.315 e. The molecule has 0 fully saturated rings. The van der Waals surface area contributed by atoms with Gasteiger partial charge in [-0.2, -0.15) is 0 Å². The topological polar surface area (TPSA) is 84.7 Å². The van der Waals surface area contributed by atoms with Crippen molar-refractivity contribution in [1.29, 1.82) is 0 Å². The Kier molecular flexibility index (Phi) is 5.13. The summed E-state index contributed by atoms with van der Waals surface area (Å²) in [5.74, 6) is 2.13. The molecule has 8 heteroatoms. The molecule has 0 radical (unpaired) electrons. The van der Waals surface area contributed by atoms with Crippen molar-refractivity contribution in [2.45, 2.75) is 52.6 Å². The molecule has 0 saturated carbocycles. The van der Waals surface area contributed by atoms with E-state index in [0.29, 0.717) is 6.54 Å². The highest BCUT2D eigenvalue weighted by atomic mass is 32.1. The highest BCUT2D eigenvalue weighted by Crippen LogP contribution is 2.24. The number of rotatable bonds is 6. The molecule has 7 nitrogen and oxygen atoms in total. The van der Waals surface area contributed by atoms with Crippen LogP contribution in [0.15, 0.2) is 6.20 Å². The summed E-state index contributed by atoms with van der Waals surface area (Å²) in [6.07, 6.45) is 4.68. The maximum Gasteiger partial charge on any atom is 0.315 e. The zero-order valence-corrected chi connectivity index (χ0v) is 15.2. The van der Waals surface area contributed by atoms with Crippen LogP contribution in [0.25, 0.3) is 0 Å². The van der Waals surface area contributed by atoms with Gasteiger partial charge in [-0.1, -0.05) is 13.8 Å². The van der Waals surface area contributed by atoms with Gasteiger partial charge in [-0.25, -0.2) is 9.78 Å². The van der Waals surface area contributed by atoms with Crippen molar-refractivity contribution in [3.05, 3.63) is 27.7 Å². The average molecular weight is 348 g/mol. The highest BCUT2D eigenvalue weighted by Gasteiger charge is 2.27. The summed E-state index contributed by atoms with van der Waals surface area (Å²) in [5.41, 5.74) is 0. The second-order valence-corrected chi connectivity index (χ2v) is 7.79. The number of aromatic nitrogens is 4. The molecule has 2 aromatic rings. The number of hydrogen-bond donors (Lipinski definition) is 2. The third kappa shape index (κ3) is 3.75. The Labute approximate surface area is 145 Å². The van der Waals surface area contributed by atoms with E-state index in [1.165, 1.54) is 4.88 Å². The third-order valence-electron chi connectivity index (χ3n) is 4.16. The van der Waals surface area contributed by atoms with Gasteiger partial charge in [0.1, 0.15) is 5.82 Å². The second kappa shape index (κ2) is 7.29. The van der Waals surface area contributed by atoms with Gasteiger partial charge in [-0.3, -0.25) is 0 Å². The van der Waals surface area contributed by atoms with Gasteiger partial charge in [0.15, 0.2) is 5.82 Å². The van der Waals surface area contributed by atoms with Gasteiger partial charge in [-0.15, -0.1) is 21.5 Å². The minimum atomic E-state index is -0.169. The summed E-state index contributed by atoms with van der Waals surface area (Å²) in [4.78, 5) is 17.7. The number of carbonyl (C=O) groups excluding carboxylic acids is 1. The van der Waals surface area contributed by atoms with Gasteiger partial charge in [0.05, 0.1) is 11.0 Å². The molecule has 1 unspecified atom stereocenters. The Morgan fingerprint density at radius 3 is 2.96 bits per heavy atom. The third-order valence-corrected chi connectivity index (χ3v) is 5.14. The molecule has 1 aliphatic heterocycles. The fourth-order valence-electron chi connectivity index (χ4n) is 2.92. The van der Waals surface area contributed by atoms with Crippen LogP contribution in [-0.4, -0.2) is 32.3 Å². The summed E-state index contributed by atoms with van der Waals surface area (Å²) >= 11 is 1.67. The highest BCUT2D eigenvalue weighted by molar-refractivity contribution is 7.11. The number of amides is 2. The first-order chi connectivity index (χ1) is 11.5. The summed E-state index contributed by atoms with van der Waals surface area (Å²) in [5, 5.41) is 15.6. The maximum absolute atomic E-state index is 12.3. The predicted octanol–water partition coefficient (Wildman–Crippen LogP) is 2.23. The number of hydrogen-bond acceptors (Lipinski definition) is 5. The average Bonchev–Trinajstić information content (AvgIpc) is 3.22. The van der Waals surface area contributed by atoms with Crippen molar-refractivity contribution >= 4 is 17.4 Å². The minimum absolute atomic E-state index is 0.133. The fraction of sp³-hybridized carbons (Fsp3) is 0.625. The van der Waals surface area contributed by atoms with Gasteiger partial charge < -0.3 is 15.2 Å². The zero-order valence-electron chi connectivity index (χ0n) is 14.4. The molecule has 1 atom stereocenters. The van der Waals surface area contributed by atoms with Crippen LogP contribution in [0.1, 0.15) is 47.8 Å². The molecule has 0 bridgehead atoms. The lowest BCUT2D eigenvalue weighted by Crippen LogP contribution is -2.41. The molecule has 0 saturated heterocycles. The SMILES string of the molecule is Cc1cnc(CCNC(=O)NC(c2nnc3n2CCC3)C(C)C)s1. The van der Waals surface area contributed by atoms with Crippen molar-refractivity contribution in [3.8, 4) is 0 Å². The van der Waals surface area contributed by atoms with Crippen LogP contribution >= 0.6 is 11.3 Å². The number of nitrogens with zero attached hydrogens (tertiary/aromatic N) is 4. The van der Waals surface area contributed by atoms with E-state index in [1.807, 2.05) is 13.1 Å². The van der Waals surface area contributed by atoms with Gasteiger partial charge >= 0.3 is 6.03 Å². The van der Waals surface area contributed by atoms with E-state index in [-0.39, 0.29) is 18.0 Å². The molecule has 24 heavy (non-hydrogen) atoms. The second-order valence-electron chi connectivity index (χ2n) is 6.47. The number of thiazole rings is 1. The van der Waals surface area contributed by atoms with Gasteiger partial charge in [0.25, 0.3) is 0 Å². The van der Waals surface area contributed by atoms with Crippen molar-refractivity contribution in [1.82, 2.24) is 30.4 Å². The van der Waals surface area contributed by atoms with Gasteiger partial charge in [0.2, 0.25) is 0 Å². The molecular formula is C16H24N6OS. The van der Waals surface area contributed by atoms with Crippen LogP contribution in [-0.2, 0) is 19.4 Å². The Bertz CT molecular complexity index is 707. The molecule has 2 aromatic heterocycles. The number of urea groups is 1. The van der Waals surface area contributed by atoms with E-state index in [1.54, 1.807) is 11.3 Å². The molecule has 1 aliphatic rings. The first kappa shape index (κ1) is 16.9. The van der Waals surface area contributed by atoms with Gasteiger partial charge in [0, 0.05) is 37.0 Å². The summed E-state index contributed by atoms with van der Waals surface area (Å²) < 4.78 is 2.14. The molecule has 2 N–H and O–H groups in total. The van der Waals surface area contributed by atoms with Crippen LogP contribution in [0.2, 0.25) is 0 Å². The van der Waals surface area contributed by atoms with E-state index in [0.717, 1.165) is 42.5 Å². The molecular weight excluding hydrogens is 324 g/mol. The van der Waals surface area contributed by atoms with Crippen LogP contribution in [0.3, 0.4) is 0 Å². The van der Waals surface area contributed by atoms with Crippen molar-refractivity contribution in [2.75, 3.05) is 6.54 Å². The summed E-state index contributed by atoms with van der Waals surface area (Å²) in [7, 11) is 0. The number of fused-ring (bicyclic) bond motifs is 1. The Morgan fingerprint density at radius 2 is 2.25 bits per heavy atom. The molecule has 0 spiro atoms. The van der Waals surface area contributed by atoms with Crippen LogP contribution < -0.4 is 10.6 Å². The molecule has 2 amide bonds. The number of carbonyl (C=O) groups is 1. The lowest BCUT2D eigenvalue weighted by molar-refractivity contribution is 0.231. The Balaban J connectivity index is 1.56. The van der Waals surface area contributed by atoms with E-state index >= 15 is 0 Å². The first-order valence-corrected chi connectivity index (χ1v) is 9.24. The first-order valence-electron chi connectivity index (χ1n) is 8.42. The monoisotopic (exact) mass is 348 g/mol. The predicted molar refractivity (Wildman–Crippen MR) is 93.0 cm³/mol. The molecule has 3 heterocycles. The molecule has 0 aromatic carbocycles. The van der Waals surface area contributed by atoms with Crippen LogP contribution in [0, 0.1) is 12.8 Å². The lowest BCUT2D eigenvalue weighted by atomic mass is 10.0. The van der Waals surface area contributed by atoms with E-state index in [4.69, 9.17) is 0 Å². The summed E-state index contributed by atoms with van der Waals surface area (Å²) in [6.45, 7) is 7.71. The maximum atomic E-state index is 12.3. The number of nitrogens with one attached hydrogen (secondary N) is 2. The molecule has 0 aliphatic carbocycles. The van der Waals surface area contributed by atoms with E-state index < -0.39 is 0 Å². The number of aryl methyl sites for hydroxylation is 2. The summed E-state index contributed by atoms with van der Waals surface area (Å²) in [6, 6.07) is -0.302. The normalized spacial score (nSPS) is 14.7.